The highest BCUT2D eigenvalue weighted by Crippen LogP contribution is 2.24. The molecule has 0 aliphatic carbocycles. The summed E-state index contributed by atoms with van der Waals surface area (Å²) in [5.74, 6) is 2.04. The fraction of sp³-hybridized carbons (Fsp3) is 0.440. The van der Waals surface area contributed by atoms with Gasteiger partial charge in [0.25, 0.3) is 0 Å². The predicted octanol–water partition coefficient (Wildman–Crippen LogP) is 4.15. The van der Waals surface area contributed by atoms with E-state index in [0.29, 0.717) is 37.9 Å². The van der Waals surface area contributed by atoms with Crippen LogP contribution in [0.3, 0.4) is 0 Å². The van der Waals surface area contributed by atoms with E-state index in [4.69, 9.17) is 28.4 Å². The molecule has 0 amide bonds. The van der Waals surface area contributed by atoms with Crippen molar-refractivity contribution in [2.45, 2.75) is 32.2 Å². The first-order valence-corrected chi connectivity index (χ1v) is 10.6. The minimum atomic E-state index is 0.125. The summed E-state index contributed by atoms with van der Waals surface area (Å²) >= 11 is 0. The standard InChI is InChI=1S/C25H32O6/c1-5-18(9-10-19(6-2)26-12-21-14-28-21)24(8-4)25(31-17-23-16-30-23)11-20(7-3)27-13-22-15-29-22/h5-11,21-23H,3-4,12-17H2,1-2H3/b10-9-,18-5+,19-6+,20-11+,25-24-. The molecule has 0 aromatic carbocycles. The lowest BCUT2D eigenvalue weighted by Crippen LogP contribution is -2.05. The molecule has 3 heterocycles. The molecule has 3 atom stereocenters. The molecular weight excluding hydrogens is 396 g/mol. The Labute approximate surface area is 184 Å². The third kappa shape index (κ3) is 8.25. The van der Waals surface area contributed by atoms with E-state index in [-0.39, 0.29) is 18.3 Å². The van der Waals surface area contributed by atoms with Gasteiger partial charge in [-0.1, -0.05) is 31.4 Å². The van der Waals surface area contributed by atoms with Gasteiger partial charge in [-0.05, 0) is 37.6 Å². The normalized spacial score (nSPS) is 26.3. The van der Waals surface area contributed by atoms with Gasteiger partial charge in [0.15, 0.2) is 0 Å². The third-order valence-electron chi connectivity index (χ3n) is 4.78. The van der Waals surface area contributed by atoms with Crippen molar-refractivity contribution in [3.63, 3.8) is 0 Å². The first-order valence-electron chi connectivity index (χ1n) is 10.6. The lowest BCUT2D eigenvalue weighted by molar-refractivity contribution is 0.177. The first kappa shape index (κ1) is 23.1. The molecule has 0 spiro atoms. The van der Waals surface area contributed by atoms with E-state index in [1.165, 1.54) is 0 Å². The molecule has 0 aromatic rings. The molecule has 3 saturated heterocycles. The van der Waals surface area contributed by atoms with Gasteiger partial charge in [-0.15, -0.1) is 0 Å². The fourth-order valence-electron chi connectivity index (χ4n) is 2.64. The minimum Gasteiger partial charge on any atom is -0.491 e. The van der Waals surface area contributed by atoms with Crippen LogP contribution >= 0.6 is 0 Å². The van der Waals surface area contributed by atoms with Gasteiger partial charge < -0.3 is 28.4 Å². The smallest absolute Gasteiger partial charge is 0.130 e. The molecule has 3 rings (SSSR count). The number of rotatable bonds is 15. The third-order valence-corrected chi connectivity index (χ3v) is 4.78. The van der Waals surface area contributed by atoms with E-state index in [1.807, 2.05) is 44.2 Å². The Hall–Kier alpha value is -2.54. The number of hydrogen-bond acceptors (Lipinski definition) is 6. The van der Waals surface area contributed by atoms with Gasteiger partial charge in [-0.25, -0.2) is 0 Å². The Kier molecular flexibility index (Phi) is 8.76. The Morgan fingerprint density at radius 2 is 1.32 bits per heavy atom. The van der Waals surface area contributed by atoms with Gasteiger partial charge in [-0.2, -0.15) is 0 Å². The summed E-state index contributed by atoms with van der Waals surface area (Å²) < 4.78 is 33.4. The molecule has 0 aromatic heterocycles. The molecule has 0 N–H and O–H groups in total. The second kappa shape index (κ2) is 11.7. The lowest BCUT2D eigenvalue weighted by atomic mass is 10.0. The Morgan fingerprint density at radius 3 is 1.77 bits per heavy atom. The summed E-state index contributed by atoms with van der Waals surface area (Å²) in [6.07, 6.45) is 13.6. The molecule has 3 aliphatic rings. The molecule has 3 unspecified atom stereocenters. The first-order chi connectivity index (χ1) is 15.2. The molecular formula is C25H32O6. The van der Waals surface area contributed by atoms with Crippen molar-refractivity contribution in [2.75, 3.05) is 39.6 Å². The molecule has 0 saturated carbocycles. The highest BCUT2D eigenvalue weighted by molar-refractivity contribution is 5.51. The Balaban J connectivity index is 1.78. The van der Waals surface area contributed by atoms with Gasteiger partial charge in [-0.3, -0.25) is 0 Å². The summed E-state index contributed by atoms with van der Waals surface area (Å²) in [6.45, 7) is 15.5. The van der Waals surface area contributed by atoms with E-state index in [0.717, 1.165) is 30.1 Å². The maximum Gasteiger partial charge on any atom is 0.130 e. The van der Waals surface area contributed by atoms with Gasteiger partial charge >= 0.3 is 0 Å². The molecule has 3 fully saturated rings. The lowest BCUT2D eigenvalue weighted by Gasteiger charge is -2.14. The van der Waals surface area contributed by atoms with Gasteiger partial charge in [0.05, 0.1) is 19.8 Å². The van der Waals surface area contributed by atoms with Crippen LogP contribution in [0.5, 0.6) is 0 Å². The van der Waals surface area contributed by atoms with Crippen LogP contribution < -0.4 is 0 Å². The van der Waals surface area contributed by atoms with E-state index in [9.17, 15) is 0 Å². The van der Waals surface area contributed by atoms with E-state index in [2.05, 4.69) is 13.2 Å². The molecule has 6 heteroatoms. The van der Waals surface area contributed by atoms with E-state index < -0.39 is 0 Å². The van der Waals surface area contributed by atoms with Crippen LogP contribution in [-0.2, 0) is 28.4 Å². The van der Waals surface area contributed by atoms with Crippen molar-refractivity contribution in [1.82, 2.24) is 0 Å². The average Bonchev–Trinajstić information content (AvgIpc) is 3.65. The van der Waals surface area contributed by atoms with Crippen LogP contribution in [0.15, 0.2) is 84.1 Å². The highest BCUT2D eigenvalue weighted by Gasteiger charge is 2.25. The zero-order valence-corrected chi connectivity index (χ0v) is 18.4. The highest BCUT2D eigenvalue weighted by atomic mass is 16.6. The number of ether oxygens (including phenoxy) is 6. The topological polar surface area (TPSA) is 65.3 Å². The summed E-state index contributed by atoms with van der Waals surface area (Å²) in [4.78, 5) is 0. The number of allylic oxidation sites excluding steroid dienone is 9. The van der Waals surface area contributed by atoms with Gasteiger partial charge in [0, 0.05) is 11.6 Å². The van der Waals surface area contributed by atoms with E-state index in [1.54, 1.807) is 12.2 Å². The fourth-order valence-corrected chi connectivity index (χ4v) is 2.64. The van der Waals surface area contributed by atoms with Crippen LogP contribution in [0.2, 0.25) is 0 Å². The summed E-state index contributed by atoms with van der Waals surface area (Å²) in [6, 6.07) is 0. The second-order valence-electron chi connectivity index (χ2n) is 7.30. The quantitative estimate of drug-likeness (QED) is 0.222. The minimum absolute atomic E-state index is 0.125. The van der Waals surface area contributed by atoms with Gasteiger partial charge in [0.1, 0.15) is 55.4 Å². The molecule has 0 radical (unpaired) electrons. The van der Waals surface area contributed by atoms with Crippen LogP contribution in [0.25, 0.3) is 0 Å². The largest absolute Gasteiger partial charge is 0.491 e. The van der Waals surface area contributed by atoms with E-state index >= 15 is 0 Å². The van der Waals surface area contributed by atoms with Gasteiger partial charge in [0.2, 0.25) is 0 Å². The van der Waals surface area contributed by atoms with Crippen LogP contribution in [0.4, 0.5) is 0 Å². The van der Waals surface area contributed by atoms with Crippen molar-refractivity contribution in [3.8, 4) is 0 Å². The van der Waals surface area contributed by atoms with Crippen LogP contribution in [0, 0.1) is 0 Å². The zero-order chi connectivity index (χ0) is 22.1. The number of epoxide rings is 3. The summed E-state index contributed by atoms with van der Waals surface area (Å²) in [5.41, 5.74) is 1.78. The molecule has 31 heavy (non-hydrogen) atoms. The molecule has 168 valence electrons. The Morgan fingerprint density at radius 1 is 0.774 bits per heavy atom. The molecule has 3 aliphatic heterocycles. The monoisotopic (exact) mass is 428 g/mol. The predicted molar refractivity (Wildman–Crippen MR) is 119 cm³/mol. The van der Waals surface area contributed by atoms with Crippen LogP contribution in [-0.4, -0.2) is 58.0 Å². The van der Waals surface area contributed by atoms with Crippen molar-refractivity contribution < 1.29 is 28.4 Å². The zero-order valence-electron chi connectivity index (χ0n) is 18.4. The van der Waals surface area contributed by atoms with Crippen LogP contribution in [0.1, 0.15) is 13.8 Å². The van der Waals surface area contributed by atoms with Crippen molar-refractivity contribution in [3.05, 3.63) is 84.1 Å². The molecule has 6 nitrogen and oxygen atoms in total. The van der Waals surface area contributed by atoms with Crippen molar-refractivity contribution in [1.29, 1.82) is 0 Å². The maximum absolute atomic E-state index is 6.09. The second-order valence-corrected chi connectivity index (χ2v) is 7.30. The number of hydrogen-bond donors (Lipinski definition) is 0. The SMILES string of the molecule is C=CC(=C(\C=C(/C=C)OCC1CO1)OCC1CO1)/C(/C=C\C(=C/C)OCC1CO1)=C/C. The summed E-state index contributed by atoms with van der Waals surface area (Å²) in [5, 5.41) is 0. The molecule has 0 bridgehead atoms. The summed E-state index contributed by atoms with van der Waals surface area (Å²) in [7, 11) is 0. The Bertz CT molecular complexity index is 789. The van der Waals surface area contributed by atoms with Crippen molar-refractivity contribution in [2.24, 2.45) is 0 Å². The maximum atomic E-state index is 6.09. The average molecular weight is 429 g/mol. The van der Waals surface area contributed by atoms with Crippen molar-refractivity contribution >= 4 is 0 Å².